The van der Waals surface area contributed by atoms with Crippen LogP contribution in [-0.2, 0) is 12.8 Å². The van der Waals surface area contributed by atoms with Crippen LogP contribution in [0.25, 0.3) is 0 Å². The first-order valence-corrected chi connectivity index (χ1v) is 12.5. The largest absolute Gasteiger partial charge is 0.0776 e. The van der Waals surface area contributed by atoms with Crippen LogP contribution in [0, 0.1) is 25.7 Å². The molecule has 0 nitrogen and oxygen atoms in total. The first kappa shape index (κ1) is 39.9. The van der Waals surface area contributed by atoms with E-state index in [4.69, 9.17) is 0 Å². The summed E-state index contributed by atoms with van der Waals surface area (Å²) in [6, 6.07) is 17.5. The molecule has 0 saturated carbocycles. The van der Waals surface area contributed by atoms with Gasteiger partial charge in [0.1, 0.15) is 0 Å². The third kappa shape index (κ3) is 28.4. The fraction of sp³-hybridized carbons (Fsp3) is 0.613. The van der Waals surface area contributed by atoms with Gasteiger partial charge in [-0.2, -0.15) is 0 Å². The van der Waals surface area contributed by atoms with E-state index in [1.165, 1.54) is 35.1 Å². The first-order valence-electron chi connectivity index (χ1n) is 12.5. The summed E-state index contributed by atoms with van der Waals surface area (Å²) in [6.07, 6.45) is 2.39. The van der Waals surface area contributed by atoms with Gasteiger partial charge in [0.2, 0.25) is 0 Å². The molecule has 0 atom stereocenters. The molecule has 0 aromatic heterocycles. The van der Waals surface area contributed by atoms with Crippen LogP contribution in [0.2, 0.25) is 0 Å². The molecule has 0 heteroatoms. The van der Waals surface area contributed by atoms with Gasteiger partial charge in [-0.25, -0.2) is 0 Å². The van der Waals surface area contributed by atoms with Crippen molar-refractivity contribution in [3.63, 3.8) is 0 Å². The van der Waals surface area contributed by atoms with Gasteiger partial charge in [0.25, 0.3) is 0 Å². The molecule has 0 unspecified atom stereocenters. The maximum atomic E-state index is 2.26. The second kappa shape index (κ2) is 30.6. The van der Waals surface area contributed by atoms with Gasteiger partial charge in [0.05, 0.1) is 0 Å². The first-order chi connectivity index (χ1) is 14.4. The zero-order valence-corrected chi connectivity index (χ0v) is 23.2. The Balaban J connectivity index is -0.000000107. The number of hydrogen-bond donors (Lipinski definition) is 0. The summed E-state index contributed by atoms with van der Waals surface area (Å²) < 4.78 is 0. The quantitative estimate of drug-likeness (QED) is 0.450. The molecule has 31 heavy (non-hydrogen) atoms. The van der Waals surface area contributed by atoms with E-state index in [0.29, 0.717) is 0 Å². The fourth-order valence-electron chi connectivity index (χ4n) is 2.51. The molecule has 0 amide bonds. The molecule has 184 valence electrons. The highest BCUT2D eigenvalue weighted by atomic mass is 14.0. The maximum absolute atomic E-state index is 2.26. The third-order valence-corrected chi connectivity index (χ3v) is 3.49. The molecule has 0 aliphatic carbocycles. The fourth-order valence-corrected chi connectivity index (χ4v) is 2.51. The van der Waals surface area contributed by atoms with Crippen LogP contribution in [0.3, 0.4) is 0 Å². The van der Waals surface area contributed by atoms with Gasteiger partial charge in [-0.3, -0.25) is 0 Å². The minimum atomic E-state index is 0. The molecule has 2 aromatic carbocycles. The van der Waals surface area contributed by atoms with Crippen LogP contribution in [0.15, 0.2) is 48.5 Å². The Labute approximate surface area is 199 Å². The van der Waals surface area contributed by atoms with Gasteiger partial charge in [-0.05, 0) is 49.7 Å². The second-order valence-corrected chi connectivity index (χ2v) is 7.17. The van der Waals surface area contributed by atoms with Crippen LogP contribution in [0.5, 0.6) is 0 Å². The van der Waals surface area contributed by atoms with Crippen molar-refractivity contribution in [1.82, 2.24) is 0 Å². The van der Waals surface area contributed by atoms with Gasteiger partial charge in [0, 0.05) is 0 Å². The molecule has 0 heterocycles. The molecule has 0 spiro atoms. The molecule has 0 N–H and O–H groups in total. The van der Waals surface area contributed by atoms with Crippen molar-refractivity contribution >= 4 is 0 Å². The molecule has 0 aliphatic heterocycles. The molecule has 2 aromatic rings. The van der Waals surface area contributed by atoms with E-state index in [9.17, 15) is 0 Å². The van der Waals surface area contributed by atoms with Crippen molar-refractivity contribution in [2.75, 3.05) is 0 Å². The van der Waals surface area contributed by atoms with Gasteiger partial charge in [0.15, 0.2) is 0 Å². The van der Waals surface area contributed by atoms with Crippen molar-refractivity contribution in [2.45, 2.75) is 117 Å². The van der Waals surface area contributed by atoms with Crippen LogP contribution in [0.4, 0.5) is 0 Å². The molecule has 0 radical (unpaired) electrons. The third-order valence-electron chi connectivity index (χ3n) is 3.49. The highest BCUT2D eigenvalue weighted by Crippen LogP contribution is 2.09. The minimum Gasteiger partial charge on any atom is -0.0776 e. The van der Waals surface area contributed by atoms with Gasteiger partial charge >= 0.3 is 0 Å². The number of benzene rings is 2. The average Bonchev–Trinajstić information content (AvgIpc) is 2.75. The summed E-state index contributed by atoms with van der Waals surface area (Å²) in [7, 11) is 0. The summed E-state index contributed by atoms with van der Waals surface area (Å²) in [6.45, 7) is 29.3. The molecule has 0 saturated heterocycles. The number of hydrogen-bond acceptors (Lipinski definition) is 0. The van der Waals surface area contributed by atoms with Crippen molar-refractivity contribution in [3.05, 3.63) is 70.8 Å². The van der Waals surface area contributed by atoms with Crippen LogP contribution in [-0.4, -0.2) is 0 Å². The minimum absolute atomic E-state index is 0. The monoisotopic (exact) mass is 432 g/mol. The Bertz CT molecular complexity index is 532. The lowest BCUT2D eigenvalue weighted by Crippen LogP contribution is -1.93. The van der Waals surface area contributed by atoms with Gasteiger partial charge in [-0.1, -0.05) is 150 Å². The SMILES string of the molecule is C.CC.CC.CC.CC.Cc1ccc(CC(C)C)cc1.Cc1cccc(CC(C)C)c1. The summed E-state index contributed by atoms with van der Waals surface area (Å²) in [4.78, 5) is 0. The predicted molar refractivity (Wildman–Crippen MR) is 152 cm³/mol. The van der Waals surface area contributed by atoms with Crippen molar-refractivity contribution in [1.29, 1.82) is 0 Å². The van der Waals surface area contributed by atoms with E-state index in [2.05, 4.69) is 90.1 Å². The molecular formula is C31H60. The Hall–Kier alpha value is -1.56. The van der Waals surface area contributed by atoms with Crippen molar-refractivity contribution < 1.29 is 0 Å². The molecular weight excluding hydrogens is 372 g/mol. The average molecular weight is 433 g/mol. The van der Waals surface area contributed by atoms with Crippen molar-refractivity contribution in [2.24, 2.45) is 11.8 Å². The summed E-state index contributed by atoms with van der Waals surface area (Å²) in [5.74, 6) is 1.52. The number of rotatable bonds is 4. The summed E-state index contributed by atoms with van der Waals surface area (Å²) in [5, 5.41) is 0. The van der Waals surface area contributed by atoms with E-state index >= 15 is 0 Å². The smallest absolute Gasteiger partial charge is 0.0256 e. The Morgan fingerprint density at radius 1 is 0.516 bits per heavy atom. The molecule has 2 rings (SSSR count). The van der Waals surface area contributed by atoms with E-state index in [1.807, 2.05) is 55.4 Å². The molecule has 0 fully saturated rings. The lowest BCUT2D eigenvalue weighted by atomic mass is 10.0. The van der Waals surface area contributed by atoms with E-state index in [1.54, 1.807) is 0 Å². The standard InChI is InChI=1S/2C11H16.4C2H6.CH4/c1-9(2)8-11-6-4-10(3)5-7-11;1-9(2)7-11-6-4-5-10(3)8-11;4*1-2;/h4-7,9H,8H2,1-3H3;4-6,8-9H,7H2,1-3H3;4*1-2H3;1H4. The Morgan fingerprint density at radius 2 is 0.903 bits per heavy atom. The lowest BCUT2D eigenvalue weighted by molar-refractivity contribution is 0.647. The van der Waals surface area contributed by atoms with Crippen LogP contribution in [0.1, 0.15) is 113 Å². The van der Waals surface area contributed by atoms with Crippen LogP contribution < -0.4 is 0 Å². The normalized spacial score (nSPS) is 8.26. The number of aryl methyl sites for hydroxylation is 2. The molecule has 0 aliphatic rings. The Morgan fingerprint density at radius 3 is 1.26 bits per heavy atom. The summed E-state index contributed by atoms with van der Waals surface area (Å²) >= 11 is 0. The van der Waals surface area contributed by atoms with E-state index < -0.39 is 0 Å². The van der Waals surface area contributed by atoms with Gasteiger partial charge in [-0.15, -0.1) is 0 Å². The topological polar surface area (TPSA) is 0 Å². The highest BCUT2D eigenvalue weighted by molar-refractivity contribution is 5.22. The lowest BCUT2D eigenvalue weighted by Gasteiger charge is -2.04. The Kier molecular flexibility index (Phi) is 39.4. The maximum Gasteiger partial charge on any atom is -0.0256 e. The highest BCUT2D eigenvalue weighted by Gasteiger charge is 1.96. The van der Waals surface area contributed by atoms with Crippen molar-refractivity contribution in [3.8, 4) is 0 Å². The zero-order valence-electron chi connectivity index (χ0n) is 23.2. The summed E-state index contributed by atoms with van der Waals surface area (Å²) in [5.41, 5.74) is 5.62. The predicted octanol–water partition coefficient (Wildman–Crippen LogP) is 11.1. The zero-order chi connectivity index (χ0) is 24.5. The second-order valence-electron chi connectivity index (χ2n) is 7.17. The van der Waals surface area contributed by atoms with E-state index in [0.717, 1.165) is 11.8 Å². The van der Waals surface area contributed by atoms with Crippen LogP contribution >= 0.6 is 0 Å². The molecule has 0 bridgehead atoms. The van der Waals surface area contributed by atoms with Gasteiger partial charge < -0.3 is 0 Å². The van der Waals surface area contributed by atoms with E-state index in [-0.39, 0.29) is 7.43 Å².